The van der Waals surface area contributed by atoms with Crippen molar-refractivity contribution in [2.24, 2.45) is 0 Å². The number of piperidine rings is 1. The molecule has 4 rings (SSSR count). The fourth-order valence-electron chi connectivity index (χ4n) is 4.07. The van der Waals surface area contributed by atoms with Gasteiger partial charge in [0.15, 0.2) is 0 Å². The van der Waals surface area contributed by atoms with Gasteiger partial charge >= 0.3 is 5.97 Å². The maximum Gasteiger partial charge on any atom is 0.374 e. The Bertz CT molecular complexity index is 1240. The molecule has 1 aliphatic heterocycles. The molecule has 1 saturated heterocycles. The minimum atomic E-state index is -3.64. The van der Waals surface area contributed by atoms with E-state index in [0.29, 0.717) is 18.4 Å². The number of aliphatic carboxylic acids is 1. The molecule has 3 aromatic rings. The number of carbonyl (C=O) groups is 2. The highest BCUT2D eigenvalue weighted by molar-refractivity contribution is 7.89. The molecule has 166 valence electrons. The van der Waals surface area contributed by atoms with Gasteiger partial charge in [-0.3, -0.25) is 4.79 Å². The summed E-state index contributed by atoms with van der Waals surface area (Å²) in [7, 11) is -3.64. The normalized spacial score (nSPS) is 16.6. The van der Waals surface area contributed by atoms with E-state index in [4.69, 9.17) is 0 Å². The Morgan fingerprint density at radius 3 is 2.19 bits per heavy atom. The van der Waals surface area contributed by atoms with Crippen LogP contribution < -0.4 is 5.32 Å². The van der Waals surface area contributed by atoms with Crippen molar-refractivity contribution in [3.05, 3.63) is 78.4 Å². The number of sulfonamides is 1. The third-order valence-electron chi connectivity index (χ3n) is 5.82. The monoisotopic (exact) mass is 452 g/mol. The molecule has 1 atom stereocenters. The fourth-order valence-corrected chi connectivity index (χ4v) is 5.57. The molecule has 32 heavy (non-hydrogen) atoms. The smallest absolute Gasteiger partial charge is 0.374 e. The van der Waals surface area contributed by atoms with E-state index in [1.54, 1.807) is 48.5 Å². The minimum Gasteiger partial charge on any atom is -0.475 e. The first-order valence-corrected chi connectivity index (χ1v) is 11.9. The minimum absolute atomic E-state index is 0.174. The maximum atomic E-state index is 13.2. The molecule has 8 heteroatoms. The number of carbonyl (C=O) groups excluding carboxylic acids is 1. The Morgan fingerprint density at radius 1 is 0.906 bits per heavy atom. The van der Waals surface area contributed by atoms with Crippen LogP contribution in [0.25, 0.3) is 10.8 Å². The second kappa shape index (κ2) is 9.20. The lowest BCUT2D eigenvalue weighted by Gasteiger charge is -2.33. The number of rotatable bonds is 7. The summed E-state index contributed by atoms with van der Waals surface area (Å²) < 4.78 is 27.8. The number of hydrogen-bond donors (Lipinski definition) is 2. The van der Waals surface area contributed by atoms with Gasteiger partial charge in [-0.05, 0) is 41.3 Å². The topological polar surface area (TPSA) is 104 Å². The molecule has 0 spiro atoms. The summed E-state index contributed by atoms with van der Waals surface area (Å²) in [4.78, 5) is 23.8. The van der Waals surface area contributed by atoms with Gasteiger partial charge in [0.05, 0.1) is 4.90 Å². The summed E-state index contributed by atoms with van der Waals surface area (Å²) in [6.07, 6.45) is 0.950. The number of benzene rings is 3. The van der Waals surface area contributed by atoms with Gasteiger partial charge < -0.3 is 10.4 Å². The highest BCUT2D eigenvalue weighted by Gasteiger charge is 2.33. The van der Waals surface area contributed by atoms with Crippen LogP contribution in [-0.4, -0.2) is 48.7 Å². The van der Waals surface area contributed by atoms with E-state index in [9.17, 15) is 23.1 Å². The van der Waals surface area contributed by atoms with Crippen molar-refractivity contribution in [3.8, 4) is 0 Å². The summed E-state index contributed by atoms with van der Waals surface area (Å²) >= 11 is 0. The van der Waals surface area contributed by atoms with Gasteiger partial charge in [0.2, 0.25) is 10.0 Å². The van der Waals surface area contributed by atoms with E-state index in [1.165, 1.54) is 4.31 Å². The predicted molar refractivity (Wildman–Crippen MR) is 121 cm³/mol. The number of Topliss-reactive ketones (excluding diaryl/α,β-unsaturated/α-hetero) is 1. The molecule has 0 saturated carbocycles. The molecule has 1 fully saturated rings. The molecule has 2 N–H and O–H groups in total. The maximum absolute atomic E-state index is 13.2. The molecular weight excluding hydrogens is 428 g/mol. The predicted octanol–water partition coefficient (Wildman–Crippen LogP) is 2.98. The highest BCUT2D eigenvalue weighted by atomic mass is 32.2. The van der Waals surface area contributed by atoms with Gasteiger partial charge in [0.1, 0.15) is 6.04 Å². The third kappa shape index (κ3) is 4.57. The summed E-state index contributed by atoms with van der Waals surface area (Å²) in [6.45, 7) is 0.575. The van der Waals surface area contributed by atoms with E-state index >= 15 is 0 Å². The van der Waals surface area contributed by atoms with E-state index in [1.807, 2.05) is 24.3 Å². The van der Waals surface area contributed by atoms with Gasteiger partial charge in [0.25, 0.3) is 5.78 Å². The van der Waals surface area contributed by atoms with Gasteiger partial charge in [-0.2, -0.15) is 4.31 Å². The van der Waals surface area contributed by atoms with Crippen molar-refractivity contribution in [2.45, 2.75) is 29.8 Å². The summed E-state index contributed by atoms with van der Waals surface area (Å²) in [5, 5.41) is 14.2. The van der Waals surface area contributed by atoms with Crippen LogP contribution in [0.15, 0.2) is 77.7 Å². The van der Waals surface area contributed by atoms with Crippen LogP contribution in [0.1, 0.15) is 24.4 Å². The second-order valence-electron chi connectivity index (χ2n) is 7.87. The molecule has 3 aromatic carbocycles. The number of carboxylic acids is 1. The van der Waals surface area contributed by atoms with Crippen molar-refractivity contribution in [1.29, 1.82) is 0 Å². The number of hydrogen-bond acceptors (Lipinski definition) is 5. The van der Waals surface area contributed by atoms with Crippen LogP contribution >= 0.6 is 0 Å². The van der Waals surface area contributed by atoms with Crippen LogP contribution in [0.3, 0.4) is 0 Å². The Kier molecular flexibility index (Phi) is 6.36. The molecule has 0 bridgehead atoms. The van der Waals surface area contributed by atoms with Crippen molar-refractivity contribution < 1.29 is 23.1 Å². The Balaban J connectivity index is 1.46. The van der Waals surface area contributed by atoms with Gasteiger partial charge in [0, 0.05) is 19.1 Å². The number of carboxylic acid groups (broad SMARTS) is 1. The molecule has 1 unspecified atom stereocenters. The average Bonchev–Trinajstić information content (AvgIpc) is 2.82. The summed E-state index contributed by atoms with van der Waals surface area (Å²) in [5.41, 5.74) is 0.575. The number of nitrogens with zero attached hydrogens (tertiary/aromatic N) is 1. The standard InChI is InChI=1S/C24H24N2O5S/c27-23(24(28)29)22(18-7-2-1-3-8-18)25-20-12-14-26(15-13-20)32(30,31)21-11-10-17-6-4-5-9-19(17)16-21/h1-11,16,20,22,25H,12-15H2,(H,28,29). The van der Waals surface area contributed by atoms with E-state index < -0.39 is 27.8 Å². The molecule has 1 aliphatic rings. The fraction of sp³-hybridized carbons (Fsp3) is 0.250. The zero-order valence-electron chi connectivity index (χ0n) is 17.3. The highest BCUT2D eigenvalue weighted by Crippen LogP contribution is 2.25. The SMILES string of the molecule is O=C(O)C(=O)C(NC1CCN(S(=O)(=O)c2ccc3ccccc3c2)CC1)c1ccccc1. The first kappa shape index (κ1) is 22.1. The van der Waals surface area contributed by atoms with Crippen molar-refractivity contribution in [2.75, 3.05) is 13.1 Å². The lowest BCUT2D eigenvalue weighted by atomic mass is 9.99. The largest absolute Gasteiger partial charge is 0.475 e. The van der Waals surface area contributed by atoms with Crippen molar-refractivity contribution in [1.82, 2.24) is 9.62 Å². The third-order valence-corrected chi connectivity index (χ3v) is 7.72. The van der Waals surface area contributed by atoms with Gasteiger partial charge in [-0.1, -0.05) is 60.7 Å². The molecular formula is C24H24N2O5S. The van der Waals surface area contributed by atoms with Crippen LogP contribution in [-0.2, 0) is 19.6 Å². The molecule has 7 nitrogen and oxygen atoms in total. The average molecular weight is 453 g/mol. The molecule has 0 radical (unpaired) electrons. The first-order chi connectivity index (χ1) is 15.4. The Hall–Kier alpha value is -3.07. The quantitative estimate of drug-likeness (QED) is 0.534. The lowest BCUT2D eigenvalue weighted by Crippen LogP contribution is -2.47. The van der Waals surface area contributed by atoms with E-state index in [0.717, 1.165) is 10.8 Å². The van der Waals surface area contributed by atoms with Crippen LogP contribution in [0.2, 0.25) is 0 Å². The number of nitrogens with one attached hydrogen (secondary N) is 1. The van der Waals surface area contributed by atoms with E-state index in [2.05, 4.69) is 5.32 Å². The van der Waals surface area contributed by atoms with Crippen molar-refractivity contribution in [3.63, 3.8) is 0 Å². The van der Waals surface area contributed by atoms with Crippen LogP contribution in [0.4, 0.5) is 0 Å². The Labute approximate surface area is 186 Å². The van der Waals surface area contributed by atoms with Gasteiger partial charge in [-0.15, -0.1) is 0 Å². The Morgan fingerprint density at radius 2 is 1.53 bits per heavy atom. The van der Waals surface area contributed by atoms with E-state index in [-0.39, 0.29) is 24.0 Å². The zero-order chi connectivity index (χ0) is 22.7. The molecule has 0 amide bonds. The van der Waals surface area contributed by atoms with Crippen LogP contribution in [0, 0.1) is 0 Å². The lowest BCUT2D eigenvalue weighted by molar-refractivity contribution is -0.150. The number of ketones is 1. The molecule has 1 heterocycles. The van der Waals surface area contributed by atoms with Gasteiger partial charge in [-0.25, -0.2) is 13.2 Å². The summed E-state index contributed by atoms with van der Waals surface area (Å²) in [5.74, 6) is -2.43. The number of fused-ring (bicyclic) bond motifs is 1. The second-order valence-corrected chi connectivity index (χ2v) is 9.81. The summed E-state index contributed by atoms with van der Waals surface area (Å²) in [6, 6.07) is 20.3. The zero-order valence-corrected chi connectivity index (χ0v) is 18.2. The first-order valence-electron chi connectivity index (χ1n) is 10.4. The molecule has 0 aliphatic carbocycles. The van der Waals surface area contributed by atoms with Crippen molar-refractivity contribution >= 4 is 32.5 Å². The molecule has 0 aromatic heterocycles. The van der Waals surface area contributed by atoms with Crippen LogP contribution in [0.5, 0.6) is 0 Å².